The van der Waals surface area contributed by atoms with Gasteiger partial charge in [-0.15, -0.1) is 0 Å². The normalized spacial score (nSPS) is 17.0. The number of esters is 1. The lowest BCUT2D eigenvalue weighted by Gasteiger charge is -2.37. The van der Waals surface area contributed by atoms with Crippen molar-refractivity contribution in [3.05, 3.63) is 29.8 Å². The molecule has 0 amide bonds. The van der Waals surface area contributed by atoms with Gasteiger partial charge < -0.3 is 4.74 Å². The summed E-state index contributed by atoms with van der Waals surface area (Å²) >= 11 is 0. The molecule has 0 unspecified atom stereocenters. The lowest BCUT2D eigenvalue weighted by atomic mass is 10.2. The van der Waals surface area contributed by atoms with Crippen LogP contribution in [0.4, 0.5) is 0 Å². The zero-order valence-corrected chi connectivity index (χ0v) is 13.9. The smallest absolute Gasteiger partial charge is 0.337 e. The summed E-state index contributed by atoms with van der Waals surface area (Å²) in [6, 6.07) is 5.34. The summed E-state index contributed by atoms with van der Waals surface area (Å²) in [6.45, 7) is 1.48. The van der Waals surface area contributed by atoms with Gasteiger partial charge in [-0.3, -0.25) is 0 Å². The molecule has 1 fully saturated rings. The summed E-state index contributed by atoms with van der Waals surface area (Å²) in [5.41, 5.74) is 0.247. The summed E-state index contributed by atoms with van der Waals surface area (Å²) in [5.74, 6) is -0.554. The van der Waals surface area contributed by atoms with E-state index in [4.69, 9.17) is 0 Å². The molecule has 1 saturated heterocycles. The number of hydrogen-bond donors (Lipinski definition) is 0. The van der Waals surface area contributed by atoms with E-state index in [0.717, 1.165) is 4.31 Å². The van der Waals surface area contributed by atoms with E-state index in [1.807, 2.05) is 0 Å². The summed E-state index contributed by atoms with van der Waals surface area (Å²) in [6.07, 6.45) is 0. The Hall–Kier alpha value is -1.45. The molecule has 1 heterocycles. The van der Waals surface area contributed by atoms with Crippen LogP contribution >= 0.6 is 0 Å². The molecule has 0 atom stereocenters. The first-order valence-electron chi connectivity index (χ1n) is 6.62. The van der Waals surface area contributed by atoms with Gasteiger partial charge in [0.05, 0.1) is 22.8 Å². The fraction of sp³-hybridized carbons (Fsp3) is 0.462. The van der Waals surface area contributed by atoms with Gasteiger partial charge in [-0.2, -0.15) is 4.31 Å². The predicted molar refractivity (Wildman–Crippen MR) is 79.8 cm³/mol. The van der Waals surface area contributed by atoms with E-state index < -0.39 is 31.1 Å². The predicted octanol–water partition coefficient (Wildman–Crippen LogP) is 0.281. The van der Waals surface area contributed by atoms with Crippen LogP contribution in [0.25, 0.3) is 0 Å². The Morgan fingerprint density at radius 1 is 1.18 bits per heavy atom. The Morgan fingerprint density at radius 3 is 2.18 bits per heavy atom. The third kappa shape index (κ3) is 3.01. The van der Waals surface area contributed by atoms with Crippen LogP contribution in [0.15, 0.2) is 29.2 Å². The van der Waals surface area contributed by atoms with Gasteiger partial charge in [0.25, 0.3) is 0 Å². The minimum Gasteiger partial charge on any atom is -0.465 e. The molecule has 0 aliphatic carbocycles. The minimum absolute atomic E-state index is 0.000614. The molecule has 1 aliphatic heterocycles. The van der Waals surface area contributed by atoms with E-state index in [1.165, 1.54) is 38.3 Å². The number of benzene rings is 1. The van der Waals surface area contributed by atoms with Gasteiger partial charge >= 0.3 is 5.97 Å². The average Bonchev–Trinajstić information content (AvgIpc) is 2.44. The second-order valence-electron chi connectivity index (χ2n) is 4.91. The van der Waals surface area contributed by atoms with Crippen molar-refractivity contribution in [3.63, 3.8) is 0 Å². The van der Waals surface area contributed by atoms with Crippen molar-refractivity contribution < 1.29 is 26.4 Å². The van der Waals surface area contributed by atoms with Crippen molar-refractivity contribution in [2.24, 2.45) is 0 Å². The van der Waals surface area contributed by atoms with E-state index in [-0.39, 0.29) is 29.3 Å². The SMILES string of the molecule is CCS(=O)(=O)C1CN(S(=O)(=O)c2ccc(C(=O)OC)cc2)C1. The molecule has 7 nitrogen and oxygen atoms in total. The van der Waals surface area contributed by atoms with Crippen molar-refractivity contribution in [2.45, 2.75) is 17.1 Å². The van der Waals surface area contributed by atoms with E-state index in [2.05, 4.69) is 4.74 Å². The van der Waals surface area contributed by atoms with E-state index in [1.54, 1.807) is 0 Å². The molecule has 9 heteroatoms. The summed E-state index contributed by atoms with van der Waals surface area (Å²) in [5, 5.41) is -0.637. The Labute approximate surface area is 129 Å². The van der Waals surface area contributed by atoms with Crippen molar-refractivity contribution in [1.82, 2.24) is 4.31 Å². The van der Waals surface area contributed by atoms with Crippen LogP contribution in [0.5, 0.6) is 0 Å². The Bertz CT molecular complexity index is 761. The molecule has 1 aromatic rings. The van der Waals surface area contributed by atoms with Crippen LogP contribution in [-0.2, 0) is 24.6 Å². The molecule has 1 aliphatic rings. The highest BCUT2D eigenvalue weighted by molar-refractivity contribution is 7.92. The van der Waals surface area contributed by atoms with Crippen LogP contribution in [0.2, 0.25) is 0 Å². The fourth-order valence-electron chi connectivity index (χ4n) is 2.09. The summed E-state index contributed by atoms with van der Waals surface area (Å²) < 4.78 is 53.7. The van der Waals surface area contributed by atoms with E-state index >= 15 is 0 Å². The fourth-order valence-corrected chi connectivity index (χ4v) is 5.09. The lowest BCUT2D eigenvalue weighted by molar-refractivity contribution is 0.0600. The molecule has 0 bridgehead atoms. The molecule has 0 radical (unpaired) electrons. The van der Waals surface area contributed by atoms with E-state index in [0.29, 0.717) is 0 Å². The quantitative estimate of drug-likeness (QED) is 0.710. The first kappa shape index (κ1) is 16.9. The zero-order chi connectivity index (χ0) is 16.5. The molecule has 0 aromatic heterocycles. The number of ether oxygens (including phenoxy) is 1. The molecule has 22 heavy (non-hydrogen) atoms. The zero-order valence-electron chi connectivity index (χ0n) is 12.2. The highest BCUT2D eigenvalue weighted by atomic mass is 32.2. The van der Waals surface area contributed by atoms with E-state index in [9.17, 15) is 21.6 Å². The van der Waals surface area contributed by atoms with Crippen LogP contribution in [0, 0.1) is 0 Å². The van der Waals surface area contributed by atoms with Crippen molar-refractivity contribution in [3.8, 4) is 0 Å². The second kappa shape index (κ2) is 5.98. The standard InChI is InChI=1S/C13H17NO6S2/c1-3-21(16,17)12-8-14(9-12)22(18,19)11-6-4-10(5-7-11)13(15)20-2/h4-7,12H,3,8-9H2,1-2H3. The molecule has 0 N–H and O–H groups in total. The molecular weight excluding hydrogens is 330 g/mol. The number of carbonyl (C=O) groups is 1. The van der Waals surface area contributed by atoms with Gasteiger partial charge in [-0.25, -0.2) is 21.6 Å². The summed E-state index contributed by atoms with van der Waals surface area (Å²) in [7, 11) is -5.72. The largest absolute Gasteiger partial charge is 0.465 e. The number of methoxy groups -OCH3 is 1. The Balaban J connectivity index is 2.14. The van der Waals surface area contributed by atoms with Gasteiger partial charge in [-0.05, 0) is 24.3 Å². The maximum absolute atomic E-state index is 12.3. The molecule has 0 saturated carbocycles. The Kier molecular flexibility index (Phi) is 4.59. The van der Waals surface area contributed by atoms with Crippen molar-refractivity contribution in [2.75, 3.05) is 26.0 Å². The number of sulfone groups is 1. The Morgan fingerprint density at radius 2 is 1.73 bits per heavy atom. The van der Waals surface area contributed by atoms with Crippen LogP contribution in [-0.4, -0.2) is 58.3 Å². The van der Waals surface area contributed by atoms with Gasteiger partial charge in [0.15, 0.2) is 9.84 Å². The number of hydrogen-bond acceptors (Lipinski definition) is 6. The topological polar surface area (TPSA) is 97.8 Å². The van der Waals surface area contributed by atoms with Gasteiger partial charge in [0, 0.05) is 18.8 Å². The first-order chi connectivity index (χ1) is 10.2. The van der Waals surface area contributed by atoms with Crippen LogP contribution in [0.3, 0.4) is 0 Å². The van der Waals surface area contributed by atoms with Crippen molar-refractivity contribution >= 4 is 25.8 Å². The third-order valence-corrected chi connectivity index (χ3v) is 7.60. The third-order valence-electron chi connectivity index (χ3n) is 3.64. The maximum atomic E-state index is 12.3. The lowest BCUT2D eigenvalue weighted by Crippen LogP contribution is -2.57. The van der Waals surface area contributed by atoms with Crippen LogP contribution < -0.4 is 0 Å². The highest BCUT2D eigenvalue weighted by Gasteiger charge is 2.42. The number of sulfonamides is 1. The minimum atomic E-state index is -3.74. The van der Waals surface area contributed by atoms with Gasteiger partial charge in [-0.1, -0.05) is 6.92 Å². The van der Waals surface area contributed by atoms with Crippen molar-refractivity contribution in [1.29, 1.82) is 0 Å². The molecule has 2 rings (SSSR count). The number of nitrogens with zero attached hydrogens (tertiary/aromatic N) is 1. The monoisotopic (exact) mass is 347 g/mol. The van der Waals surface area contributed by atoms with Crippen LogP contribution in [0.1, 0.15) is 17.3 Å². The molecule has 122 valence electrons. The first-order valence-corrected chi connectivity index (χ1v) is 9.78. The molecule has 0 spiro atoms. The highest BCUT2D eigenvalue weighted by Crippen LogP contribution is 2.25. The average molecular weight is 347 g/mol. The number of carbonyl (C=O) groups excluding carboxylic acids is 1. The van der Waals surface area contributed by atoms with Gasteiger partial charge in [0.1, 0.15) is 0 Å². The molecule has 1 aromatic carbocycles. The van der Waals surface area contributed by atoms with Gasteiger partial charge in [0.2, 0.25) is 10.0 Å². The second-order valence-corrected chi connectivity index (χ2v) is 9.42. The maximum Gasteiger partial charge on any atom is 0.337 e. The number of rotatable bonds is 5. The summed E-state index contributed by atoms with van der Waals surface area (Å²) in [4.78, 5) is 11.3. The molecular formula is C13H17NO6S2.